The van der Waals surface area contributed by atoms with Crippen molar-refractivity contribution < 1.29 is 14.0 Å². The molecule has 7 nitrogen and oxygen atoms in total. The van der Waals surface area contributed by atoms with Crippen LogP contribution in [0.1, 0.15) is 50.1 Å². The van der Waals surface area contributed by atoms with E-state index in [0.29, 0.717) is 41.3 Å². The molecule has 1 amide bonds. The number of imidazole rings is 1. The molecule has 1 unspecified atom stereocenters. The van der Waals surface area contributed by atoms with Gasteiger partial charge in [-0.3, -0.25) is 14.2 Å². The number of nitrogens with two attached hydrogens (primary N) is 1. The number of Topliss-reactive ketones (excluding diaryl/α,β-unsaturated/α-hetero) is 1. The fourth-order valence-electron chi connectivity index (χ4n) is 4.73. The average molecular weight is 484 g/mol. The number of benzene rings is 3. The summed E-state index contributed by atoms with van der Waals surface area (Å²) in [6.07, 6.45) is 1.63. The number of rotatable bonds is 6. The van der Waals surface area contributed by atoms with Gasteiger partial charge in [0.1, 0.15) is 17.8 Å². The first-order chi connectivity index (χ1) is 17.5. The third kappa shape index (κ3) is 4.44. The number of hydrogen-bond acceptors (Lipinski definition) is 5. The van der Waals surface area contributed by atoms with Gasteiger partial charge in [-0.1, -0.05) is 42.5 Å². The number of primary amides is 1. The summed E-state index contributed by atoms with van der Waals surface area (Å²) in [5.41, 5.74) is 10.6. The summed E-state index contributed by atoms with van der Waals surface area (Å²) in [4.78, 5) is 29.4. The number of aromatic nitrogens is 2. The largest absolute Gasteiger partial charge is 0.366 e. The molecule has 1 aromatic heterocycles. The van der Waals surface area contributed by atoms with Gasteiger partial charge in [-0.05, 0) is 48.0 Å². The van der Waals surface area contributed by atoms with Crippen molar-refractivity contribution in [2.75, 3.05) is 7.05 Å². The highest BCUT2D eigenvalue weighted by atomic mass is 19.1. The molecule has 1 aliphatic heterocycles. The average Bonchev–Trinajstić information content (AvgIpc) is 3.24. The predicted molar refractivity (Wildman–Crippen MR) is 135 cm³/mol. The van der Waals surface area contributed by atoms with Gasteiger partial charge in [0.2, 0.25) is 5.91 Å². The first-order valence-corrected chi connectivity index (χ1v) is 11.7. The van der Waals surface area contributed by atoms with E-state index in [1.807, 2.05) is 37.4 Å². The number of halogens is 1. The Bertz CT molecular complexity index is 1460. The Balaban J connectivity index is 1.43. The number of fused-ring (bicyclic) bond motifs is 1. The van der Waals surface area contributed by atoms with Crippen LogP contribution in [-0.4, -0.2) is 28.3 Å². The van der Waals surface area contributed by atoms with Gasteiger partial charge in [0, 0.05) is 42.4 Å². The third-order valence-corrected chi connectivity index (χ3v) is 6.49. The Kier molecular flexibility index (Phi) is 6.45. The molecule has 1 atom stereocenters. The zero-order chi connectivity index (χ0) is 25.2. The Morgan fingerprint density at radius 3 is 2.78 bits per heavy atom. The highest BCUT2D eigenvalue weighted by molar-refractivity contribution is 5.97. The van der Waals surface area contributed by atoms with Gasteiger partial charge in [0.05, 0.1) is 5.69 Å². The Morgan fingerprint density at radius 1 is 1.17 bits per heavy atom. The highest BCUT2D eigenvalue weighted by Crippen LogP contribution is 2.31. The molecule has 5 rings (SSSR count). The molecule has 0 bridgehead atoms. The van der Waals surface area contributed by atoms with Crippen LogP contribution in [0.2, 0.25) is 0 Å². The molecule has 4 N–H and O–H groups in total. The number of carbonyl (C=O) groups excluding carboxylic acids is 2. The van der Waals surface area contributed by atoms with E-state index < -0.39 is 11.9 Å². The molecule has 0 aliphatic carbocycles. The maximum atomic E-state index is 15.4. The van der Waals surface area contributed by atoms with E-state index in [1.165, 1.54) is 6.07 Å². The van der Waals surface area contributed by atoms with Gasteiger partial charge in [-0.15, -0.1) is 0 Å². The van der Waals surface area contributed by atoms with Crippen molar-refractivity contribution in [2.24, 2.45) is 5.73 Å². The van der Waals surface area contributed by atoms with Crippen LogP contribution in [0.3, 0.4) is 0 Å². The van der Waals surface area contributed by atoms with Crippen LogP contribution in [-0.2, 0) is 13.1 Å². The van der Waals surface area contributed by atoms with Gasteiger partial charge < -0.3 is 16.4 Å². The van der Waals surface area contributed by atoms with Gasteiger partial charge in [-0.25, -0.2) is 9.37 Å². The highest BCUT2D eigenvalue weighted by Gasteiger charge is 2.29. The molecule has 0 radical (unpaired) electrons. The summed E-state index contributed by atoms with van der Waals surface area (Å²) in [7, 11) is 1.88. The van der Waals surface area contributed by atoms with Crippen LogP contribution in [0, 0.1) is 5.82 Å². The van der Waals surface area contributed by atoms with Crippen molar-refractivity contribution in [3.63, 3.8) is 0 Å². The second kappa shape index (κ2) is 9.85. The second-order valence-electron chi connectivity index (χ2n) is 8.81. The van der Waals surface area contributed by atoms with E-state index in [-0.39, 0.29) is 18.0 Å². The van der Waals surface area contributed by atoms with Crippen LogP contribution in [0.25, 0.3) is 16.8 Å². The smallest absolute Gasteiger partial charge is 0.248 e. The lowest BCUT2D eigenvalue weighted by atomic mass is 9.95. The predicted octanol–water partition coefficient (Wildman–Crippen LogP) is 3.91. The number of carbonyl (C=O) groups is 2. The van der Waals surface area contributed by atoms with E-state index >= 15 is 4.39 Å². The van der Waals surface area contributed by atoms with E-state index in [4.69, 9.17) is 5.73 Å². The van der Waals surface area contributed by atoms with Crippen LogP contribution in [0.15, 0.2) is 73.1 Å². The van der Waals surface area contributed by atoms with E-state index in [9.17, 15) is 9.59 Å². The number of amides is 1. The molecule has 1 aliphatic rings. The van der Waals surface area contributed by atoms with Crippen molar-refractivity contribution in [1.29, 1.82) is 0 Å². The van der Waals surface area contributed by atoms with Crippen molar-refractivity contribution in [2.45, 2.75) is 25.6 Å². The van der Waals surface area contributed by atoms with Crippen LogP contribution in [0.5, 0.6) is 0 Å². The maximum Gasteiger partial charge on any atom is 0.248 e. The molecule has 0 saturated heterocycles. The molecule has 36 heavy (non-hydrogen) atoms. The Labute approximate surface area is 208 Å². The van der Waals surface area contributed by atoms with Crippen molar-refractivity contribution in [3.05, 3.63) is 107 Å². The second-order valence-corrected chi connectivity index (χ2v) is 8.81. The van der Waals surface area contributed by atoms with Gasteiger partial charge in [0.15, 0.2) is 5.78 Å². The molecular formula is C28H26FN5O2. The monoisotopic (exact) mass is 483 g/mol. The molecule has 8 heteroatoms. The normalized spacial score (nSPS) is 15.4. The SMILES string of the molecule is CNCc1ccccc1-c1ccc(C2CC(=O)c3c(ncn3-c3cccc(C(N)=O)c3)CN2)c(F)c1. The minimum Gasteiger partial charge on any atom is -0.366 e. The summed E-state index contributed by atoms with van der Waals surface area (Å²) < 4.78 is 17.0. The van der Waals surface area contributed by atoms with Crippen molar-refractivity contribution in [1.82, 2.24) is 20.2 Å². The summed E-state index contributed by atoms with van der Waals surface area (Å²) in [5, 5.41) is 6.43. The molecule has 0 fully saturated rings. The lowest BCUT2D eigenvalue weighted by Crippen LogP contribution is -2.21. The summed E-state index contributed by atoms with van der Waals surface area (Å²) in [5.74, 6) is -1.08. The lowest BCUT2D eigenvalue weighted by Gasteiger charge is -2.18. The van der Waals surface area contributed by atoms with Crippen molar-refractivity contribution >= 4 is 11.7 Å². The molecule has 2 heterocycles. The van der Waals surface area contributed by atoms with Gasteiger partial charge in [0.25, 0.3) is 0 Å². The Morgan fingerprint density at radius 2 is 2.00 bits per heavy atom. The molecule has 4 aromatic rings. The van der Waals surface area contributed by atoms with Crippen LogP contribution in [0.4, 0.5) is 4.39 Å². The molecule has 0 spiro atoms. The fraction of sp³-hybridized carbons (Fsp3) is 0.179. The summed E-state index contributed by atoms with van der Waals surface area (Å²) >= 11 is 0. The van der Waals surface area contributed by atoms with E-state index in [2.05, 4.69) is 15.6 Å². The number of nitrogens with zero attached hydrogens (tertiary/aromatic N) is 2. The minimum atomic E-state index is -0.552. The van der Waals surface area contributed by atoms with Crippen molar-refractivity contribution in [3.8, 4) is 16.8 Å². The van der Waals surface area contributed by atoms with Gasteiger partial charge in [-0.2, -0.15) is 0 Å². The molecule has 182 valence electrons. The summed E-state index contributed by atoms with van der Waals surface area (Å²) in [6, 6.07) is 19.3. The van der Waals surface area contributed by atoms with Crippen LogP contribution < -0.4 is 16.4 Å². The van der Waals surface area contributed by atoms with E-state index in [1.54, 1.807) is 41.2 Å². The lowest BCUT2D eigenvalue weighted by molar-refractivity contribution is 0.0964. The standard InChI is InChI=1S/C28H26FN5O2/c1-31-14-19-5-2-3-8-21(19)17-9-10-22(23(29)12-17)24-13-26(35)27-25(15-32-24)33-16-34(27)20-7-4-6-18(11-20)28(30)36/h2-12,16,24,31-32H,13-15H2,1H3,(H2,30,36). The third-order valence-electron chi connectivity index (χ3n) is 6.49. The number of nitrogens with one attached hydrogen (secondary N) is 2. The van der Waals surface area contributed by atoms with E-state index in [0.717, 1.165) is 16.7 Å². The number of ketones is 1. The van der Waals surface area contributed by atoms with Gasteiger partial charge >= 0.3 is 0 Å². The minimum absolute atomic E-state index is 0.0702. The zero-order valence-corrected chi connectivity index (χ0v) is 19.8. The van der Waals surface area contributed by atoms with Crippen LogP contribution >= 0.6 is 0 Å². The topological polar surface area (TPSA) is 102 Å². The summed E-state index contributed by atoms with van der Waals surface area (Å²) in [6.45, 7) is 0.981. The maximum absolute atomic E-state index is 15.4. The zero-order valence-electron chi connectivity index (χ0n) is 19.8. The fourth-order valence-corrected chi connectivity index (χ4v) is 4.73. The quantitative estimate of drug-likeness (QED) is 0.386. The first-order valence-electron chi connectivity index (χ1n) is 11.7. The molecule has 3 aromatic carbocycles. The molecular weight excluding hydrogens is 457 g/mol. The Hall–Kier alpha value is -4.14. The molecule has 0 saturated carbocycles. The first kappa shape index (κ1) is 23.6. The number of hydrogen-bond donors (Lipinski definition) is 3.